The molecule has 16 heavy (non-hydrogen) atoms. The second-order valence-electron chi connectivity index (χ2n) is 4.03. The van der Waals surface area contributed by atoms with Crippen LogP contribution in [-0.2, 0) is 0 Å². The summed E-state index contributed by atoms with van der Waals surface area (Å²) in [5, 5.41) is 8.33. The van der Waals surface area contributed by atoms with E-state index in [-0.39, 0.29) is 0 Å². The van der Waals surface area contributed by atoms with Crippen LogP contribution in [-0.4, -0.2) is 22.1 Å². The van der Waals surface area contributed by atoms with Crippen LogP contribution in [0.5, 0.6) is 5.75 Å². The van der Waals surface area contributed by atoms with Gasteiger partial charge in [-0.1, -0.05) is 17.3 Å². The molecule has 0 N–H and O–H groups in total. The Labute approximate surface area is 93.9 Å². The Bertz CT molecular complexity index is 502. The van der Waals surface area contributed by atoms with Crippen molar-refractivity contribution < 1.29 is 4.74 Å². The van der Waals surface area contributed by atoms with E-state index in [4.69, 9.17) is 4.74 Å². The fourth-order valence-electron chi connectivity index (χ4n) is 1.78. The first-order chi connectivity index (χ1) is 7.88. The predicted octanol–water partition coefficient (Wildman–Crippen LogP) is 2.15. The quantitative estimate of drug-likeness (QED) is 0.787. The summed E-state index contributed by atoms with van der Waals surface area (Å²) < 4.78 is 7.08. The molecule has 3 rings (SSSR count). The summed E-state index contributed by atoms with van der Waals surface area (Å²) in [6.07, 6.45) is 4.48. The maximum absolute atomic E-state index is 5.30. The summed E-state index contributed by atoms with van der Waals surface area (Å²) in [6.45, 7) is 0. The fraction of sp³-hybridized carbons (Fsp3) is 0.333. The Kier molecular flexibility index (Phi) is 2.13. The molecule has 0 saturated heterocycles. The first kappa shape index (κ1) is 9.39. The summed E-state index contributed by atoms with van der Waals surface area (Å²) in [5.41, 5.74) is 2.02. The second kappa shape index (κ2) is 3.63. The van der Waals surface area contributed by atoms with Crippen LogP contribution in [0.2, 0.25) is 0 Å². The molecular weight excluding hydrogens is 202 g/mol. The van der Waals surface area contributed by atoms with Crippen molar-refractivity contribution in [2.45, 2.75) is 18.8 Å². The minimum absolute atomic E-state index is 0.628. The zero-order valence-corrected chi connectivity index (χ0v) is 9.13. The number of ether oxygens (including phenoxy) is 1. The predicted molar refractivity (Wildman–Crippen MR) is 59.9 cm³/mol. The van der Waals surface area contributed by atoms with Crippen LogP contribution in [0.25, 0.3) is 5.69 Å². The molecular formula is C12H13N3O. The van der Waals surface area contributed by atoms with Crippen molar-refractivity contribution in [2.75, 3.05) is 7.11 Å². The lowest BCUT2D eigenvalue weighted by molar-refractivity contribution is 0.411. The molecule has 82 valence electrons. The monoisotopic (exact) mass is 215 g/mol. The van der Waals surface area contributed by atoms with E-state index in [1.54, 1.807) is 11.8 Å². The lowest BCUT2D eigenvalue weighted by Crippen LogP contribution is -1.98. The van der Waals surface area contributed by atoms with Gasteiger partial charge in [-0.15, -0.1) is 5.10 Å². The lowest BCUT2D eigenvalue weighted by Gasteiger charge is -2.06. The Morgan fingerprint density at radius 1 is 1.31 bits per heavy atom. The normalized spacial score (nSPS) is 15.1. The highest BCUT2D eigenvalue weighted by molar-refractivity contribution is 5.45. The number of para-hydroxylation sites is 2. The van der Waals surface area contributed by atoms with E-state index in [9.17, 15) is 0 Å². The summed E-state index contributed by atoms with van der Waals surface area (Å²) >= 11 is 0. The number of nitrogens with zero attached hydrogens (tertiary/aromatic N) is 3. The van der Waals surface area contributed by atoms with Gasteiger partial charge in [0, 0.05) is 5.92 Å². The molecule has 0 bridgehead atoms. The molecule has 2 aromatic rings. The number of methoxy groups -OCH3 is 1. The minimum atomic E-state index is 0.628. The number of hydrogen-bond acceptors (Lipinski definition) is 3. The molecule has 1 heterocycles. The van der Waals surface area contributed by atoms with Gasteiger partial charge in [0.2, 0.25) is 0 Å². The van der Waals surface area contributed by atoms with Gasteiger partial charge in [0.05, 0.1) is 19.0 Å². The van der Waals surface area contributed by atoms with Gasteiger partial charge >= 0.3 is 0 Å². The van der Waals surface area contributed by atoms with Gasteiger partial charge in [-0.25, -0.2) is 4.68 Å². The van der Waals surface area contributed by atoms with Crippen LogP contribution in [0.1, 0.15) is 24.5 Å². The van der Waals surface area contributed by atoms with Gasteiger partial charge < -0.3 is 4.74 Å². The van der Waals surface area contributed by atoms with Gasteiger partial charge in [0.15, 0.2) is 0 Å². The van der Waals surface area contributed by atoms with Crippen molar-refractivity contribution in [1.82, 2.24) is 15.0 Å². The largest absolute Gasteiger partial charge is 0.494 e. The van der Waals surface area contributed by atoms with Gasteiger partial charge in [-0.05, 0) is 25.0 Å². The third-order valence-electron chi connectivity index (χ3n) is 2.84. The lowest BCUT2D eigenvalue weighted by atomic mass is 10.3. The first-order valence-corrected chi connectivity index (χ1v) is 5.44. The molecule has 0 unspecified atom stereocenters. The van der Waals surface area contributed by atoms with E-state index >= 15 is 0 Å². The number of hydrogen-bond donors (Lipinski definition) is 0. The first-order valence-electron chi connectivity index (χ1n) is 5.44. The molecule has 0 aliphatic heterocycles. The second-order valence-corrected chi connectivity index (χ2v) is 4.03. The Hall–Kier alpha value is -1.84. The van der Waals surface area contributed by atoms with Crippen molar-refractivity contribution in [3.8, 4) is 11.4 Å². The SMILES string of the molecule is COc1ccccc1-n1cc(C2CC2)nn1. The Morgan fingerprint density at radius 3 is 2.88 bits per heavy atom. The molecule has 1 aromatic heterocycles. The minimum Gasteiger partial charge on any atom is -0.494 e. The summed E-state index contributed by atoms with van der Waals surface area (Å²) in [7, 11) is 1.66. The molecule has 1 fully saturated rings. The maximum Gasteiger partial charge on any atom is 0.144 e. The molecule has 4 nitrogen and oxygen atoms in total. The summed E-state index contributed by atoms with van der Waals surface area (Å²) in [5.74, 6) is 1.44. The topological polar surface area (TPSA) is 39.9 Å². The molecule has 1 aliphatic rings. The maximum atomic E-state index is 5.30. The molecule has 4 heteroatoms. The van der Waals surface area contributed by atoms with E-state index in [1.165, 1.54) is 12.8 Å². The smallest absolute Gasteiger partial charge is 0.144 e. The Morgan fingerprint density at radius 2 is 2.12 bits per heavy atom. The van der Waals surface area contributed by atoms with E-state index in [2.05, 4.69) is 10.3 Å². The van der Waals surface area contributed by atoms with Crippen molar-refractivity contribution in [2.24, 2.45) is 0 Å². The highest BCUT2D eigenvalue weighted by Crippen LogP contribution is 2.39. The number of benzene rings is 1. The van der Waals surface area contributed by atoms with Crippen LogP contribution in [0.3, 0.4) is 0 Å². The molecule has 1 aromatic carbocycles. The third-order valence-corrected chi connectivity index (χ3v) is 2.84. The van der Waals surface area contributed by atoms with Crippen molar-refractivity contribution in [3.63, 3.8) is 0 Å². The average molecular weight is 215 g/mol. The van der Waals surface area contributed by atoms with Crippen LogP contribution < -0.4 is 4.74 Å². The molecule has 1 saturated carbocycles. The van der Waals surface area contributed by atoms with E-state index in [1.807, 2.05) is 30.5 Å². The van der Waals surface area contributed by atoms with Crippen molar-refractivity contribution in [3.05, 3.63) is 36.2 Å². The average Bonchev–Trinajstić information content (AvgIpc) is 3.07. The van der Waals surface area contributed by atoms with E-state index in [0.29, 0.717) is 5.92 Å². The molecule has 0 radical (unpaired) electrons. The summed E-state index contributed by atoms with van der Waals surface area (Å²) in [6, 6.07) is 7.81. The van der Waals surface area contributed by atoms with Gasteiger partial charge in [-0.2, -0.15) is 0 Å². The highest BCUT2D eigenvalue weighted by Gasteiger charge is 2.26. The zero-order chi connectivity index (χ0) is 11.0. The van der Waals surface area contributed by atoms with E-state index < -0.39 is 0 Å². The van der Waals surface area contributed by atoms with Gasteiger partial charge in [-0.3, -0.25) is 0 Å². The standard InChI is InChI=1S/C12H13N3O/c1-16-12-5-3-2-4-11(12)15-8-10(13-14-15)9-6-7-9/h2-5,8-9H,6-7H2,1H3. The van der Waals surface area contributed by atoms with Crippen LogP contribution >= 0.6 is 0 Å². The Balaban J connectivity index is 2.00. The van der Waals surface area contributed by atoms with Crippen molar-refractivity contribution in [1.29, 1.82) is 0 Å². The van der Waals surface area contributed by atoms with Crippen LogP contribution in [0.15, 0.2) is 30.5 Å². The van der Waals surface area contributed by atoms with E-state index in [0.717, 1.165) is 17.1 Å². The van der Waals surface area contributed by atoms with Gasteiger partial charge in [0.25, 0.3) is 0 Å². The van der Waals surface area contributed by atoms with Crippen LogP contribution in [0, 0.1) is 0 Å². The highest BCUT2D eigenvalue weighted by atomic mass is 16.5. The molecule has 0 amide bonds. The molecule has 1 aliphatic carbocycles. The van der Waals surface area contributed by atoms with Crippen molar-refractivity contribution >= 4 is 0 Å². The zero-order valence-electron chi connectivity index (χ0n) is 9.13. The number of rotatable bonds is 3. The number of aromatic nitrogens is 3. The van der Waals surface area contributed by atoms with Gasteiger partial charge in [0.1, 0.15) is 11.4 Å². The third kappa shape index (κ3) is 1.56. The fourth-order valence-corrected chi connectivity index (χ4v) is 1.78. The molecule has 0 atom stereocenters. The molecule has 0 spiro atoms. The summed E-state index contributed by atoms with van der Waals surface area (Å²) in [4.78, 5) is 0. The van der Waals surface area contributed by atoms with Crippen LogP contribution in [0.4, 0.5) is 0 Å².